The number of aromatic carboxylic acids is 1. The first kappa shape index (κ1) is 23.0. The molecule has 9 heteroatoms. The van der Waals surface area contributed by atoms with Crippen LogP contribution in [-0.4, -0.2) is 45.9 Å². The minimum atomic E-state index is -0.966. The number of urea groups is 1. The number of amides is 2. The van der Waals surface area contributed by atoms with Crippen molar-refractivity contribution in [2.75, 3.05) is 28.6 Å². The van der Waals surface area contributed by atoms with Crippen LogP contribution >= 0.6 is 0 Å². The summed E-state index contributed by atoms with van der Waals surface area (Å²) in [5.74, 6) is -0.273. The first-order valence-corrected chi connectivity index (χ1v) is 11.5. The zero-order chi connectivity index (χ0) is 25.1. The molecule has 3 heterocycles. The van der Waals surface area contributed by atoms with Crippen molar-refractivity contribution in [1.82, 2.24) is 9.55 Å². The average Bonchev–Trinajstić information content (AvgIpc) is 3.36. The highest BCUT2D eigenvalue weighted by Gasteiger charge is 2.31. The standard InChI is InChI=1S/C27H25N5O4/c1-18-13-20(15-28-14-18)30-27(35)29-19-7-9-21(10-8-19)36-22-16-32(17-22)24-6-4-5-23(26(33)34)25(24)31-11-2-3-12-31/h2-15,22H,16-17H2,1H3,(H,33,34)(H2,29,30,35). The van der Waals surface area contributed by atoms with Gasteiger partial charge in [-0.1, -0.05) is 6.07 Å². The van der Waals surface area contributed by atoms with Crippen molar-refractivity contribution in [3.8, 4) is 11.4 Å². The van der Waals surface area contributed by atoms with E-state index in [0.29, 0.717) is 35.9 Å². The van der Waals surface area contributed by atoms with Crippen LogP contribution in [0.3, 0.4) is 0 Å². The van der Waals surface area contributed by atoms with E-state index in [1.807, 2.05) is 60.3 Å². The number of pyridine rings is 1. The van der Waals surface area contributed by atoms with Gasteiger partial charge in [-0.05, 0) is 67.1 Å². The average molecular weight is 484 g/mol. The molecule has 0 atom stereocenters. The van der Waals surface area contributed by atoms with Crippen LogP contribution in [-0.2, 0) is 0 Å². The maximum Gasteiger partial charge on any atom is 0.337 e. The highest BCUT2D eigenvalue weighted by molar-refractivity contribution is 5.99. The molecule has 3 N–H and O–H groups in total. The van der Waals surface area contributed by atoms with E-state index in [2.05, 4.69) is 20.5 Å². The van der Waals surface area contributed by atoms with Gasteiger partial charge in [-0.2, -0.15) is 0 Å². The molecule has 182 valence electrons. The Morgan fingerprint density at radius 2 is 1.69 bits per heavy atom. The van der Waals surface area contributed by atoms with Crippen LogP contribution < -0.4 is 20.3 Å². The van der Waals surface area contributed by atoms with Crippen molar-refractivity contribution in [2.45, 2.75) is 13.0 Å². The third-order valence-electron chi connectivity index (χ3n) is 5.84. The Balaban J connectivity index is 1.18. The summed E-state index contributed by atoms with van der Waals surface area (Å²) in [6.07, 6.45) is 6.95. The molecule has 2 aromatic heterocycles. The fraction of sp³-hybridized carbons (Fsp3) is 0.148. The number of anilines is 3. The molecule has 9 nitrogen and oxygen atoms in total. The van der Waals surface area contributed by atoms with Gasteiger partial charge >= 0.3 is 12.0 Å². The van der Waals surface area contributed by atoms with Crippen LogP contribution in [0.15, 0.2) is 85.5 Å². The third-order valence-corrected chi connectivity index (χ3v) is 5.84. The molecule has 0 aliphatic carbocycles. The van der Waals surface area contributed by atoms with Gasteiger partial charge in [-0.3, -0.25) is 4.98 Å². The van der Waals surface area contributed by atoms with Crippen LogP contribution in [0.25, 0.3) is 5.69 Å². The number of nitrogens with one attached hydrogen (secondary N) is 2. The number of aromatic nitrogens is 2. The summed E-state index contributed by atoms with van der Waals surface area (Å²) < 4.78 is 7.90. The summed E-state index contributed by atoms with van der Waals surface area (Å²) >= 11 is 0. The number of carboxylic acid groups (broad SMARTS) is 1. The summed E-state index contributed by atoms with van der Waals surface area (Å²) in [6.45, 7) is 3.17. The third kappa shape index (κ3) is 5.00. The predicted molar refractivity (Wildman–Crippen MR) is 137 cm³/mol. The number of hydrogen-bond donors (Lipinski definition) is 3. The van der Waals surface area contributed by atoms with E-state index in [0.717, 1.165) is 11.3 Å². The monoisotopic (exact) mass is 483 g/mol. The Morgan fingerprint density at radius 3 is 2.39 bits per heavy atom. The Bertz CT molecular complexity index is 1380. The number of benzene rings is 2. The number of nitrogens with zero attached hydrogens (tertiary/aromatic N) is 3. The second kappa shape index (κ2) is 9.83. The van der Waals surface area contributed by atoms with Gasteiger partial charge in [0.1, 0.15) is 11.9 Å². The maximum atomic E-state index is 12.2. The van der Waals surface area contributed by atoms with Crippen LogP contribution in [0, 0.1) is 6.92 Å². The number of para-hydroxylation sites is 1. The van der Waals surface area contributed by atoms with Crippen LogP contribution in [0.5, 0.6) is 5.75 Å². The zero-order valence-corrected chi connectivity index (χ0v) is 19.6. The lowest BCUT2D eigenvalue weighted by Gasteiger charge is -2.41. The molecule has 5 rings (SSSR count). The van der Waals surface area contributed by atoms with Gasteiger partial charge in [0, 0.05) is 24.3 Å². The highest BCUT2D eigenvalue weighted by atomic mass is 16.5. The van der Waals surface area contributed by atoms with Crippen LogP contribution in [0.2, 0.25) is 0 Å². The smallest absolute Gasteiger partial charge is 0.337 e. The van der Waals surface area contributed by atoms with E-state index in [-0.39, 0.29) is 17.7 Å². The van der Waals surface area contributed by atoms with Crippen molar-refractivity contribution in [3.05, 3.63) is 96.6 Å². The minimum absolute atomic E-state index is 0.0353. The number of rotatable bonds is 7. The Kier molecular flexibility index (Phi) is 6.27. The van der Waals surface area contributed by atoms with Gasteiger partial charge in [-0.25, -0.2) is 9.59 Å². The van der Waals surface area contributed by atoms with Crippen LogP contribution in [0.1, 0.15) is 15.9 Å². The lowest BCUT2D eigenvalue weighted by Crippen LogP contribution is -2.54. The van der Waals surface area contributed by atoms with Gasteiger partial charge in [-0.15, -0.1) is 0 Å². The first-order valence-electron chi connectivity index (χ1n) is 11.5. The molecule has 4 aromatic rings. The summed E-state index contributed by atoms with van der Waals surface area (Å²) in [5, 5.41) is 15.2. The molecule has 1 saturated heterocycles. The minimum Gasteiger partial charge on any atom is -0.487 e. The highest BCUT2D eigenvalue weighted by Crippen LogP contribution is 2.32. The molecular formula is C27H25N5O4. The number of carboxylic acids is 1. The Hall–Kier alpha value is -4.79. The van der Waals surface area contributed by atoms with E-state index in [9.17, 15) is 14.7 Å². The number of ether oxygens (including phenoxy) is 1. The lowest BCUT2D eigenvalue weighted by atomic mass is 10.1. The van der Waals surface area contributed by atoms with Gasteiger partial charge < -0.3 is 29.9 Å². The quantitative estimate of drug-likeness (QED) is 0.349. The molecule has 1 aliphatic rings. The molecule has 0 bridgehead atoms. The molecule has 0 saturated carbocycles. The zero-order valence-electron chi connectivity index (χ0n) is 19.6. The second-order valence-electron chi connectivity index (χ2n) is 8.57. The summed E-state index contributed by atoms with van der Waals surface area (Å²) in [4.78, 5) is 30.2. The first-order chi connectivity index (χ1) is 17.5. The molecular weight excluding hydrogens is 458 g/mol. The van der Waals surface area contributed by atoms with Crippen molar-refractivity contribution in [2.24, 2.45) is 0 Å². The van der Waals surface area contributed by atoms with E-state index in [1.54, 1.807) is 36.7 Å². The number of hydrogen-bond acceptors (Lipinski definition) is 5. The van der Waals surface area contributed by atoms with E-state index >= 15 is 0 Å². The molecule has 0 spiro atoms. The number of carbonyl (C=O) groups is 2. The van der Waals surface area contributed by atoms with E-state index in [1.165, 1.54) is 0 Å². The molecule has 1 aliphatic heterocycles. The summed E-state index contributed by atoms with van der Waals surface area (Å²) in [6, 6.07) is 17.7. The van der Waals surface area contributed by atoms with E-state index < -0.39 is 5.97 Å². The SMILES string of the molecule is Cc1cncc(NC(=O)Nc2ccc(OC3CN(c4cccc(C(=O)O)c4-n4cccc4)C3)cc2)c1. The van der Waals surface area contributed by atoms with Crippen molar-refractivity contribution < 1.29 is 19.4 Å². The molecule has 36 heavy (non-hydrogen) atoms. The van der Waals surface area contributed by atoms with Crippen molar-refractivity contribution in [1.29, 1.82) is 0 Å². The van der Waals surface area contributed by atoms with Gasteiger partial charge in [0.15, 0.2) is 0 Å². The van der Waals surface area contributed by atoms with Gasteiger partial charge in [0.2, 0.25) is 0 Å². The summed E-state index contributed by atoms with van der Waals surface area (Å²) in [7, 11) is 0. The number of carbonyl (C=O) groups excluding carboxylic acids is 1. The largest absolute Gasteiger partial charge is 0.487 e. The topological polar surface area (TPSA) is 109 Å². The molecule has 0 radical (unpaired) electrons. The summed E-state index contributed by atoms with van der Waals surface area (Å²) in [5.41, 5.74) is 3.95. The van der Waals surface area contributed by atoms with Crippen LogP contribution in [0.4, 0.5) is 21.9 Å². The van der Waals surface area contributed by atoms with Gasteiger partial charge in [0.25, 0.3) is 0 Å². The second-order valence-corrected chi connectivity index (χ2v) is 8.57. The molecule has 0 unspecified atom stereocenters. The van der Waals surface area contributed by atoms with Crippen molar-refractivity contribution >= 4 is 29.1 Å². The Labute approximate surface area is 208 Å². The maximum absolute atomic E-state index is 12.2. The molecule has 2 aromatic carbocycles. The fourth-order valence-corrected chi connectivity index (χ4v) is 4.15. The lowest BCUT2D eigenvalue weighted by molar-refractivity contribution is 0.0697. The van der Waals surface area contributed by atoms with E-state index in [4.69, 9.17) is 4.74 Å². The Morgan fingerprint density at radius 1 is 0.972 bits per heavy atom. The molecule has 2 amide bonds. The van der Waals surface area contributed by atoms with Crippen molar-refractivity contribution in [3.63, 3.8) is 0 Å². The normalized spacial score (nSPS) is 13.1. The fourth-order valence-electron chi connectivity index (χ4n) is 4.15. The number of aryl methyl sites for hydroxylation is 1. The molecule has 1 fully saturated rings. The van der Waals surface area contributed by atoms with Gasteiger partial charge in [0.05, 0.1) is 41.9 Å². The predicted octanol–water partition coefficient (Wildman–Crippen LogP) is 4.79.